The molecule has 0 saturated carbocycles. The number of fused-ring (bicyclic) bond motifs is 1. The van der Waals surface area contributed by atoms with Crippen LogP contribution in [0.4, 0.5) is 0 Å². The van der Waals surface area contributed by atoms with Gasteiger partial charge in [0.05, 0.1) is 12.7 Å². The molecule has 3 heteroatoms. The molecule has 1 N–H and O–H groups in total. The molecule has 2 heterocycles. The van der Waals surface area contributed by atoms with E-state index in [2.05, 4.69) is 36.7 Å². The third-order valence-electron chi connectivity index (χ3n) is 4.59. The van der Waals surface area contributed by atoms with Gasteiger partial charge >= 0.3 is 0 Å². The maximum Gasteiger partial charge on any atom is 0.123 e. The molecule has 1 aliphatic heterocycles. The Morgan fingerprint density at radius 2 is 2.08 bits per heavy atom. The monoisotopic (exact) mass is 321 g/mol. The van der Waals surface area contributed by atoms with Crippen molar-refractivity contribution in [3.05, 3.63) is 58.9 Å². The largest absolute Gasteiger partial charge is 0.493 e. The fraction of sp³-hybridized carbons (Fsp3) is 0.381. The smallest absolute Gasteiger partial charge is 0.123 e. The zero-order chi connectivity index (χ0) is 17.2. The summed E-state index contributed by atoms with van der Waals surface area (Å²) in [5.41, 5.74) is 3.83. The van der Waals surface area contributed by atoms with E-state index in [1.807, 2.05) is 31.2 Å². The van der Waals surface area contributed by atoms with Crippen LogP contribution in [-0.2, 0) is 5.41 Å². The van der Waals surface area contributed by atoms with Gasteiger partial charge in [0.25, 0.3) is 0 Å². The Hall–Kier alpha value is -2.31. The lowest BCUT2D eigenvalue weighted by Gasteiger charge is -2.32. The maximum atomic E-state index is 9.80. The number of pyridine rings is 1. The minimum Gasteiger partial charge on any atom is -0.493 e. The highest BCUT2D eigenvalue weighted by atomic mass is 16.5. The second-order valence-corrected chi connectivity index (χ2v) is 6.84. The molecule has 0 amide bonds. The van der Waals surface area contributed by atoms with Gasteiger partial charge in [-0.2, -0.15) is 0 Å². The average molecular weight is 321 g/mol. The summed E-state index contributed by atoms with van der Waals surface area (Å²) in [7, 11) is 0. The lowest BCUT2D eigenvalue weighted by Crippen LogP contribution is -2.26. The second-order valence-electron chi connectivity index (χ2n) is 6.84. The van der Waals surface area contributed by atoms with Crippen LogP contribution in [0.1, 0.15) is 62.1 Å². The quantitative estimate of drug-likeness (QED) is 0.851. The third-order valence-corrected chi connectivity index (χ3v) is 4.59. The first-order valence-corrected chi connectivity index (χ1v) is 8.43. The van der Waals surface area contributed by atoms with Gasteiger partial charge in [0.15, 0.2) is 0 Å². The predicted molar refractivity (Wildman–Crippen MR) is 95.0 cm³/mol. The highest BCUT2D eigenvalue weighted by Crippen LogP contribution is 2.38. The lowest BCUT2D eigenvalue weighted by atomic mass is 9.79. The number of ether oxygens (including phenoxy) is 1. The number of aliphatic hydroxyl groups is 1. The first-order valence-electron chi connectivity index (χ1n) is 8.43. The molecule has 0 spiro atoms. The maximum absolute atomic E-state index is 9.80. The molecule has 0 radical (unpaired) electrons. The van der Waals surface area contributed by atoms with Crippen LogP contribution in [0.15, 0.2) is 36.5 Å². The molecule has 0 saturated heterocycles. The average Bonchev–Trinajstić information content (AvgIpc) is 2.60. The fourth-order valence-electron chi connectivity index (χ4n) is 2.86. The number of hydrogen-bond donors (Lipinski definition) is 1. The van der Waals surface area contributed by atoms with Crippen LogP contribution in [0.3, 0.4) is 0 Å². The molecule has 3 rings (SSSR count). The number of rotatable bonds is 2. The molecule has 24 heavy (non-hydrogen) atoms. The van der Waals surface area contributed by atoms with Crippen molar-refractivity contribution in [2.75, 3.05) is 6.61 Å². The van der Waals surface area contributed by atoms with Gasteiger partial charge in [-0.05, 0) is 54.0 Å². The van der Waals surface area contributed by atoms with Crippen LogP contribution in [0.2, 0.25) is 0 Å². The van der Waals surface area contributed by atoms with Crippen LogP contribution in [0.5, 0.6) is 5.75 Å². The first kappa shape index (κ1) is 16.5. The van der Waals surface area contributed by atoms with Gasteiger partial charge in [-0.15, -0.1) is 0 Å². The molecular formula is C21H23NO2. The Bertz CT molecular complexity index is 782. The Morgan fingerprint density at radius 3 is 2.79 bits per heavy atom. The number of aliphatic hydroxyl groups excluding tert-OH is 1. The van der Waals surface area contributed by atoms with Gasteiger partial charge in [-0.1, -0.05) is 32.8 Å². The molecule has 124 valence electrons. The van der Waals surface area contributed by atoms with Crippen molar-refractivity contribution < 1.29 is 9.84 Å². The normalized spacial score (nSPS) is 16.3. The van der Waals surface area contributed by atoms with Gasteiger partial charge in [0.1, 0.15) is 11.4 Å². The summed E-state index contributed by atoms with van der Waals surface area (Å²) >= 11 is 0. The van der Waals surface area contributed by atoms with E-state index in [1.165, 1.54) is 5.56 Å². The molecule has 0 aliphatic carbocycles. The zero-order valence-corrected chi connectivity index (χ0v) is 14.5. The molecule has 0 bridgehead atoms. The van der Waals surface area contributed by atoms with E-state index >= 15 is 0 Å². The molecule has 1 unspecified atom stereocenters. The first-order chi connectivity index (χ1) is 11.5. The van der Waals surface area contributed by atoms with E-state index in [4.69, 9.17) is 4.74 Å². The Labute approximate surface area is 143 Å². The molecule has 1 aromatic heterocycles. The standard InChI is InChI=1S/C21H23NO2/c1-4-19(23)16-7-9-17(22-14-16)8-5-15-6-10-20-18(13-15)21(2,3)11-12-24-20/h6-7,9-10,13-14,19,23H,4,11-12H2,1-3H3. The summed E-state index contributed by atoms with van der Waals surface area (Å²) in [6.45, 7) is 7.19. The minimum atomic E-state index is -0.456. The van der Waals surface area contributed by atoms with Crippen LogP contribution >= 0.6 is 0 Å². The van der Waals surface area contributed by atoms with Crippen molar-refractivity contribution in [2.45, 2.75) is 45.1 Å². The van der Waals surface area contributed by atoms with Crippen LogP contribution in [-0.4, -0.2) is 16.7 Å². The van der Waals surface area contributed by atoms with E-state index in [-0.39, 0.29) is 5.41 Å². The summed E-state index contributed by atoms with van der Waals surface area (Å²) in [5, 5.41) is 9.80. The summed E-state index contributed by atoms with van der Waals surface area (Å²) in [5.74, 6) is 7.24. The van der Waals surface area contributed by atoms with E-state index in [9.17, 15) is 5.11 Å². The van der Waals surface area contributed by atoms with Crippen LogP contribution < -0.4 is 4.74 Å². The van der Waals surface area contributed by atoms with Gasteiger partial charge < -0.3 is 9.84 Å². The Balaban J connectivity index is 1.84. The van der Waals surface area contributed by atoms with Gasteiger partial charge in [0, 0.05) is 17.3 Å². The van der Waals surface area contributed by atoms with Crippen LogP contribution in [0, 0.1) is 11.8 Å². The van der Waals surface area contributed by atoms with Crippen molar-refractivity contribution in [1.82, 2.24) is 4.98 Å². The minimum absolute atomic E-state index is 0.113. The Morgan fingerprint density at radius 1 is 1.25 bits per heavy atom. The van der Waals surface area contributed by atoms with E-state index in [0.29, 0.717) is 12.1 Å². The Kier molecular flexibility index (Phi) is 4.59. The van der Waals surface area contributed by atoms with Gasteiger partial charge in [0.2, 0.25) is 0 Å². The fourth-order valence-corrected chi connectivity index (χ4v) is 2.86. The molecule has 2 aromatic rings. The number of nitrogens with zero attached hydrogens (tertiary/aromatic N) is 1. The van der Waals surface area contributed by atoms with Gasteiger partial charge in [-0.3, -0.25) is 0 Å². The highest BCUT2D eigenvalue weighted by molar-refractivity contribution is 5.49. The zero-order valence-electron chi connectivity index (χ0n) is 14.5. The van der Waals surface area contributed by atoms with Crippen molar-refractivity contribution in [3.8, 4) is 17.6 Å². The SMILES string of the molecule is CCC(O)c1ccc(C#Cc2ccc3c(c2)C(C)(C)CCO3)nc1. The van der Waals surface area contributed by atoms with Crippen molar-refractivity contribution in [1.29, 1.82) is 0 Å². The number of hydrogen-bond acceptors (Lipinski definition) is 3. The second kappa shape index (κ2) is 6.67. The van der Waals surface area contributed by atoms with Crippen molar-refractivity contribution >= 4 is 0 Å². The van der Waals surface area contributed by atoms with E-state index in [0.717, 1.165) is 29.9 Å². The molecular weight excluding hydrogens is 298 g/mol. The molecule has 1 aromatic carbocycles. The van der Waals surface area contributed by atoms with Gasteiger partial charge in [-0.25, -0.2) is 4.98 Å². The topological polar surface area (TPSA) is 42.4 Å². The van der Waals surface area contributed by atoms with E-state index < -0.39 is 6.10 Å². The summed E-state index contributed by atoms with van der Waals surface area (Å²) in [4.78, 5) is 4.32. The summed E-state index contributed by atoms with van der Waals surface area (Å²) in [6, 6.07) is 9.86. The predicted octanol–water partition coefficient (Wildman–Crippen LogP) is 3.98. The third kappa shape index (κ3) is 3.44. The summed E-state index contributed by atoms with van der Waals surface area (Å²) < 4.78 is 5.74. The molecule has 1 aliphatic rings. The molecule has 0 fully saturated rings. The van der Waals surface area contributed by atoms with Crippen LogP contribution in [0.25, 0.3) is 0 Å². The van der Waals surface area contributed by atoms with Crippen molar-refractivity contribution in [3.63, 3.8) is 0 Å². The molecule has 1 atom stereocenters. The van der Waals surface area contributed by atoms with E-state index in [1.54, 1.807) is 6.20 Å². The number of aromatic nitrogens is 1. The number of benzene rings is 1. The highest BCUT2D eigenvalue weighted by Gasteiger charge is 2.28. The molecule has 3 nitrogen and oxygen atoms in total. The summed E-state index contributed by atoms with van der Waals surface area (Å²) in [6.07, 6.45) is 2.93. The van der Waals surface area contributed by atoms with Crippen molar-refractivity contribution in [2.24, 2.45) is 0 Å². The lowest BCUT2D eigenvalue weighted by molar-refractivity contribution is 0.173.